The van der Waals surface area contributed by atoms with Crippen LogP contribution >= 0.6 is 11.8 Å². The molecule has 0 nitrogen and oxygen atoms in total. The molecule has 1 heteroatoms. The normalized spacial score (nSPS) is 11.4. The van der Waals surface area contributed by atoms with Crippen LogP contribution in [0.5, 0.6) is 0 Å². The minimum absolute atomic E-state index is 0.623. The van der Waals surface area contributed by atoms with Crippen molar-refractivity contribution >= 4 is 11.8 Å². The summed E-state index contributed by atoms with van der Waals surface area (Å²) in [6, 6.07) is 6.74. The predicted octanol–water partition coefficient (Wildman–Crippen LogP) is 5.05. The van der Waals surface area contributed by atoms with Gasteiger partial charge in [-0.1, -0.05) is 52.8 Å². The first kappa shape index (κ1) is 12.6. The zero-order valence-electron chi connectivity index (χ0n) is 10.5. The second kappa shape index (κ2) is 5.60. The summed E-state index contributed by atoms with van der Waals surface area (Å²) < 4.78 is 0. The number of hydrogen-bond acceptors (Lipinski definition) is 1. The highest BCUT2D eigenvalue weighted by atomic mass is 32.2. The van der Waals surface area contributed by atoms with Crippen molar-refractivity contribution in [1.29, 1.82) is 0 Å². The van der Waals surface area contributed by atoms with Gasteiger partial charge in [-0.3, -0.25) is 0 Å². The van der Waals surface area contributed by atoms with Gasteiger partial charge in [0.1, 0.15) is 0 Å². The fourth-order valence-corrected chi connectivity index (χ4v) is 3.02. The summed E-state index contributed by atoms with van der Waals surface area (Å²) in [5.74, 6) is 2.40. The minimum atomic E-state index is 0.623. The third-order valence-corrected chi connectivity index (χ3v) is 3.66. The van der Waals surface area contributed by atoms with Gasteiger partial charge in [0.25, 0.3) is 0 Å². The van der Waals surface area contributed by atoms with E-state index in [1.54, 1.807) is 0 Å². The summed E-state index contributed by atoms with van der Waals surface area (Å²) in [4.78, 5) is 1.52. The van der Waals surface area contributed by atoms with Gasteiger partial charge in [0, 0.05) is 4.90 Å². The van der Waals surface area contributed by atoms with E-state index in [1.165, 1.54) is 16.0 Å². The van der Waals surface area contributed by atoms with Crippen LogP contribution in [0.15, 0.2) is 23.1 Å². The molecule has 0 radical (unpaired) electrons. The molecule has 0 saturated heterocycles. The van der Waals surface area contributed by atoms with E-state index in [0.717, 1.165) is 5.75 Å². The number of rotatable bonds is 4. The van der Waals surface area contributed by atoms with Crippen molar-refractivity contribution in [2.75, 3.05) is 5.75 Å². The molecule has 15 heavy (non-hydrogen) atoms. The van der Waals surface area contributed by atoms with Crippen LogP contribution in [-0.4, -0.2) is 5.75 Å². The quantitative estimate of drug-likeness (QED) is 0.643. The molecule has 0 amide bonds. The van der Waals surface area contributed by atoms with Gasteiger partial charge >= 0.3 is 0 Å². The van der Waals surface area contributed by atoms with Crippen molar-refractivity contribution in [2.45, 2.75) is 51.3 Å². The van der Waals surface area contributed by atoms with Crippen LogP contribution in [0.4, 0.5) is 0 Å². The van der Waals surface area contributed by atoms with E-state index in [1.807, 2.05) is 11.8 Å². The van der Waals surface area contributed by atoms with E-state index < -0.39 is 0 Å². The third-order valence-electron chi connectivity index (χ3n) is 2.61. The van der Waals surface area contributed by atoms with Gasteiger partial charge in [-0.25, -0.2) is 0 Å². The molecule has 0 bridgehead atoms. The van der Waals surface area contributed by atoms with Gasteiger partial charge in [-0.15, -0.1) is 11.8 Å². The Balaban J connectivity index is 3.21. The van der Waals surface area contributed by atoms with Crippen molar-refractivity contribution in [3.63, 3.8) is 0 Å². The summed E-state index contributed by atoms with van der Waals surface area (Å²) in [6.45, 7) is 11.3. The van der Waals surface area contributed by atoms with E-state index >= 15 is 0 Å². The molecule has 1 rings (SSSR count). The van der Waals surface area contributed by atoms with Crippen LogP contribution in [0.1, 0.15) is 57.6 Å². The Morgan fingerprint density at radius 3 is 1.80 bits per heavy atom. The van der Waals surface area contributed by atoms with Crippen molar-refractivity contribution in [1.82, 2.24) is 0 Å². The Labute approximate surface area is 98.5 Å². The third kappa shape index (κ3) is 3.01. The van der Waals surface area contributed by atoms with Gasteiger partial charge in [0.2, 0.25) is 0 Å². The average Bonchev–Trinajstić information content (AvgIpc) is 2.17. The van der Waals surface area contributed by atoms with Crippen LogP contribution in [0.25, 0.3) is 0 Å². The van der Waals surface area contributed by atoms with E-state index in [4.69, 9.17) is 0 Å². The second-order valence-corrected chi connectivity index (χ2v) is 5.78. The molecule has 0 aliphatic carbocycles. The van der Waals surface area contributed by atoms with E-state index in [2.05, 4.69) is 52.8 Å². The molecule has 0 aliphatic rings. The summed E-state index contributed by atoms with van der Waals surface area (Å²) in [5.41, 5.74) is 3.01. The van der Waals surface area contributed by atoms with Crippen LogP contribution in [0, 0.1) is 0 Å². The number of thioether (sulfide) groups is 1. The molecule has 0 saturated carbocycles. The molecular weight excluding hydrogens is 200 g/mol. The highest BCUT2D eigenvalue weighted by molar-refractivity contribution is 7.99. The molecule has 0 unspecified atom stereocenters. The maximum atomic E-state index is 2.28. The summed E-state index contributed by atoms with van der Waals surface area (Å²) in [5, 5.41) is 0. The lowest BCUT2D eigenvalue weighted by molar-refractivity contribution is 0.794. The van der Waals surface area contributed by atoms with Crippen LogP contribution in [0.3, 0.4) is 0 Å². The monoisotopic (exact) mass is 222 g/mol. The lowest BCUT2D eigenvalue weighted by Crippen LogP contribution is -1.98. The largest absolute Gasteiger partial charge is 0.126 e. The highest BCUT2D eigenvalue weighted by Crippen LogP contribution is 2.35. The molecule has 0 heterocycles. The highest BCUT2D eigenvalue weighted by Gasteiger charge is 2.12. The molecule has 0 atom stereocenters. The maximum Gasteiger partial charge on any atom is 0.0141 e. The first-order valence-electron chi connectivity index (χ1n) is 5.83. The van der Waals surface area contributed by atoms with Crippen LogP contribution in [0.2, 0.25) is 0 Å². The lowest BCUT2D eigenvalue weighted by atomic mass is 9.95. The molecule has 1 aromatic carbocycles. The average molecular weight is 222 g/mol. The zero-order chi connectivity index (χ0) is 11.4. The molecule has 0 aromatic heterocycles. The molecule has 0 aliphatic heterocycles. The van der Waals surface area contributed by atoms with Gasteiger partial charge in [0.15, 0.2) is 0 Å². The second-order valence-electron chi connectivity index (χ2n) is 4.51. The molecule has 84 valence electrons. The topological polar surface area (TPSA) is 0 Å². The number of hydrogen-bond donors (Lipinski definition) is 0. The zero-order valence-corrected chi connectivity index (χ0v) is 11.3. The first-order chi connectivity index (χ1) is 7.07. The molecule has 0 N–H and O–H groups in total. The molecular formula is C14H22S. The van der Waals surface area contributed by atoms with Crippen molar-refractivity contribution < 1.29 is 0 Å². The summed E-state index contributed by atoms with van der Waals surface area (Å²) >= 11 is 1.99. The Bertz CT molecular complexity index is 287. The summed E-state index contributed by atoms with van der Waals surface area (Å²) in [6.07, 6.45) is 0. The molecule has 1 aromatic rings. The standard InChI is InChI=1S/C14H22S/c1-6-15-14-12(10(2)3)8-7-9-13(14)11(4)5/h7-11H,6H2,1-5H3. The summed E-state index contributed by atoms with van der Waals surface area (Å²) in [7, 11) is 0. The minimum Gasteiger partial charge on any atom is -0.126 e. The van der Waals surface area contributed by atoms with Crippen LogP contribution < -0.4 is 0 Å². The van der Waals surface area contributed by atoms with Gasteiger partial charge in [-0.05, 0) is 28.7 Å². The van der Waals surface area contributed by atoms with E-state index in [-0.39, 0.29) is 0 Å². The molecule has 0 spiro atoms. The van der Waals surface area contributed by atoms with Crippen molar-refractivity contribution in [2.24, 2.45) is 0 Å². The van der Waals surface area contributed by atoms with Crippen LogP contribution in [-0.2, 0) is 0 Å². The van der Waals surface area contributed by atoms with Gasteiger partial charge in [0.05, 0.1) is 0 Å². The fourth-order valence-electron chi connectivity index (χ4n) is 1.79. The Kier molecular flexibility index (Phi) is 4.72. The SMILES string of the molecule is CCSc1c(C(C)C)cccc1C(C)C. The Morgan fingerprint density at radius 1 is 1.00 bits per heavy atom. The first-order valence-corrected chi connectivity index (χ1v) is 6.82. The smallest absolute Gasteiger partial charge is 0.0141 e. The fraction of sp³-hybridized carbons (Fsp3) is 0.571. The van der Waals surface area contributed by atoms with Gasteiger partial charge in [-0.2, -0.15) is 0 Å². The predicted molar refractivity (Wildman–Crippen MR) is 71.0 cm³/mol. The van der Waals surface area contributed by atoms with E-state index in [9.17, 15) is 0 Å². The maximum absolute atomic E-state index is 2.28. The Hall–Kier alpha value is -0.430. The Morgan fingerprint density at radius 2 is 1.47 bits per heavy atom. The lowest BCUT2D eigenvalue weighted by Gasteiger charge is -2.18. The van der Waals surface area contributed by atoms with Crippen molar-refractivity contribution in [3.05, 3.63) is 29.3 Å². The number of benzene rings is 1. The van der Waals surface area contributed by atoms with Crippen molar-refractivity contribution in [3.8, 4) is 0 Å². The molecule has 0 fully saturated rings. The van der Waals surface area contributed by atoms with E-state index in [0.29, 0.717) is 11.8 Å². The van der Waals surface area contributed by atoms with Gasteiger partial charge < -0.3 is 0 Å².